The molecule has 1 amide bonds. The van der Waals surface area contributed by atoms with Crippen molar-refractivity contribution < 1.29 is 17.9 Å². The van der Waals surface area contributed by atoms with Gasteiger partial charge in [-0.25, -0.2) is 8.42 Å². The Kier molecular flexibility index (Phi) is 5.55. The second-order valence-corrected chi connectivity index (χ2v) is 7.26. The molecule has 0 spiro atoms. The molecule has 1 heterocycles. The molecule has 0 bridgehead atoms. The Labute approximate surface area is 131 Å². The summed E-state index contributed by atoms with van der Waals surface area (Å²) >= 11 is 0. The van der Waals surface area contributed by atoms with Crippen molar-refractivity contribution in [2.45, 2.75) is 37.8 Å². The lowest BCUT2D eigenvalue weighted by Gasteiger charge is -2.31. The average molecular weight is 326 g/mol. The van der Waals surface area contributed by atoms with E-state index in [1.807, 2.05) is 6.92 Å². The Morgan fingerprint density at radius 1 is 1.36 bits per heavy atom. The number of nitrogens with zero attached hydrogens (tertiary/aromatic N) is 1. The second kappa shape index (κ2) is 7.21. The molecule has 22 heavy (non-hydrogen) atoms. The Balaban J connectivity index is 2.10. The third-order valence-corrected chi connectivity index (χ3v) is 5.54. The van der Waals surface area contributed by atoms with Crippen LogP contribution in [0.5, 0.6) is 0 Å². The van der Waals surface area contributed by atoms with Gasteiger partial charge in [0, 0.05) is 26.6 Å². The second-order valence-electron chi connectivity index (χ2n) is 5.32. The van der Waals surface area contributed by atoms with E-state index in [1.54, 1.807) is 24.3 Å². The highest BCUT2D eigenvalue weighted by Crippen LogP contribution is 2.20. The Hall–Kier alpha value is -1.44. The van der Waals surface area contributed by atoms with Gasteiger partial charge in [-0.3, -0.25) is 4.79 Å². The summed E-state index contributed by atoms with van der Waals surface area (Å²) in [5.74, 6) is -0.115. The Bertz CT molecular complexity index is 613. The third-order valence-electron chi connectivity index (χ3n) is 3.66. The van der Waals surface area contributed by atoms with Crippen molar-refractivity contribution >= 4 is 15.9 Å². The standard InChI is InChI=1S/C15H22N2O4S/c1-3-14-11-17(8-9-21-14)22(19,20)15-6-4-13(5-7-15)10-16-12(2)18/h4-7,14H,3,8-11H2,1-2H3,(H,16,18)/t14-/m0/s1. The Morgan fingerprint density at radius 3 is 2.64 bits per heavy atom. The first-order valence-corrected chi connectivity index (χ1v) is 8.82. The predicted molar refractivity (Wildman–Crippen MR) is 82.8 cm³/mol. The molecule has 1 aliphatic rings. The Morgan fingerprint density at radius 2 is 2.05 bits per heavy atom. The van der Waals surface area contributed by atoms with Crippen LogP contribution in [0.4, 0.5) is 0 Å². The van der Waals surface area contributed by atoms with E-state index in [0.29, 0.717) is 26.2 Å². The molecule has 0 saturated carbocycles. The minimum atomic E-state index is -3.49. The summed E-state index contributed by atoms with van der Waals surface area (Å²) in [6.07, 6.45) is 0.754. The van der Waals surface area contributed by atoms with Crippen LogP contribution in [0.15, 0.2) is 29.2 Å². The van der Waals surface area contributed by atoms with Gasteiger partial charge in [-0.1, -0.05) is 19.1 Å². The number of ether oxygens (including phenoxy) is 1. The van der Waals surface area contributed by atoms with Crippen LogP contribution in [0.3, 0.4) is 0 Å². The maximum absolute atomic E-state index is 12.6. The molecule has 1 saturated heterocycles. The summed E-state index contributed by atoms with van der Waals surface area (Å²) in [6.45, 7) is 5.03. The predicted octanol–water partition coefficient (Wildman–Crippen LogP) is 1.12. The highest BCUT2D eigenvalue weighted by molar-refractivity contribution is 7.89. The van der Waals surface area contributed by atoms with Gasteiger partial charge in [0.25, 0.3) is 0 Å². The quantitative estimate of drug-likeness (QED) is 0.880. The normalized spacial score (nSPS) is 19.8. The van der Waals surface area contributed by atoms with Crippen molar-refractivity contribution in [2.75, 3.05) is 19.7 Å². The summed E-state index contributed by atoms with van der Waals surface area (Å²) < 4.78 is 32.2. The van der Waals surface area contributed by atoms with Crippen molar-refractivity contribution in [2.24, 2.45) is 0 Å². The van der Waals surface area contributed by atoms with Crippen molar-refractivity contribution in [3.8, 4) is 0 Å². The van der Waals surface area contributed by atoms with Crippen LogP contribution in [0, 0.1) is 0 Å². The van der Waals surface area contributed by atoms with Gasteiger partial charge in [0.15, 0.2) is 0 Å². The first-order chi connectivity index (χ1) is 10.4. The smallest absolute Gasteiger partial charge is 0.243 e. The number of hydrogen-bond donors (Lipinski definition) is 1. The van der Waals surface area contributed by atoms with Crippen LogP contribution in [0.25, 0.3) is 0 Å². The monoisotopic (exact) mass is 326 g/mol. The van der Waals surface area contributed by atoms with E-state index in [9.17, 15) is 13.2 Å². The van der Waals surface area contributed by atoms with Crippen molar-refractivity contribution in [3.63, 3.8) is 0 Å². The van der Waals surface area contributed by atoms with Gasteiger partial charge in [-0.05, 0) is 24.1 Å². The summed E-state index contributed by atoms with van der Waals surface area (Å²) in [6, 6.07) is 6.62. The number of hydrogen-bond acceptors (Lipinski definition) is 4. The maximum Gasteiger partial charge on any atom is 0.243 e. The minimum Gasteiger partial charge on any atom is -0.375 e. The molecule has 0 unspecified atom stereocenters. The van der Waals surface area contributed by atoms with E-state index in [0.717, 1.165) is 12.0 Å². The van der Waals surface area contributed by atoms with Crippen LogP contribution in [-0.2, 0) is 26.1 Å². The zero-order chi connectivity index (χ0) is 16.2. The molecule has 1 N–H and O–H groups in total. The molecule has 6 nitrogen and oxygen atoms in total. The summed E-state index contributed by atoms with van der Waals surface area (Å²) in [7, 11) is -3.49. The van der Waals surface area contributed by atoms with E-state index in [1.165, 1.54) is 11.2 Å². The van der Waals surface area contributed by atoms with Crippen molar-refractivity contribution in [1.29, 1.82) is 0 Å². The van der Waals surface area contributed by atoms with Gasteiger partial charge >= 0.3 is 0 Å². The molecular weight excluding hydrogens is 304 g/mol. The molecule has 0 aromatic heterocycles. The van der Waals surface area contributed by atoms with Gasteiger partial charge in [0.05, 0.1) is 17.6 Å². The molecule has 1 fully saturated rings. The molecule has 1 atom stereocenters. The number of morpholine rings is 1. The fourth-order valence-electron chi connectivity index (χ4n) is 2.31. The lowest BCUT2D eigenvalue weighted by molar-refractivity contribution is -0.119. The van der Waals surface area contributed by atoms with Crippen LogP contribution < -0.4 is 5.32 Å². The highest BCUT2D eigenvalue weighted by Gasteiger charge is 2.29. The maximum atomic E-state index is 12.6. The summed E-state index contributed by atoms with van der Waals surface area (Å²) in [5, 5.41) is 2.68. The number of carbonyl (C=O) groups is 1. The van der Waals surface area contributed by atoms with E-state index in [2.05, 4.69) is 5.32 Å². The van der Waals surface area contributed by atoms with Crippen molar-refractivity contribution in [3.05, 3.63) is 29.8 Å². The molecular formula is C15H22N2O4S. The molecule has 1 aromatic carbocycles. The fourth-order valence-corrected chi connectivity index (χ4v) is 3.77. The summed E-state index contributed by atoms with van der Waals surface area (Å²) in [5.41, 5.74) is 0.863. The number of amides is 1. The highest BCUT2D eigenvalue weighted by atomic mass is 32.2. The van der Waals surface area contributed by atoms with E-state index in [4.69, 9.17) is 4.74 Å². The molecule has 122 valence electrons. The molecule has 0 aliphatic carbocycles. The van der Waals surface area contributed by atoms with E-state index in [-0.39, 0.29) is 16.9 Å². The lowest BCUT2D eigenvalue weighted by Crippen LogP contribution is -2.45. The van der Waals surface area contributed by atoms with Gasteiger partial charge in [0.1, 0.15) is 0 Å². The lowest BCUT2D eigenvalue weighted by atomic mass is 10.2. The summed E-state index contributed by atoms with van der Waals surface area (Å²) in [4.78, 5) is 11.2. The zero-order valence-corrected chi connectivity index (χ0v) is 13.7. The third kappa shape index (κ3) is 4.06. The van der Waals surface area contributed by atoms with Gasteiger partial charge in [-0.15, -0.1) is 0 Å². The van der Waals surface area contributed by atoms with Crippen molar-refractivity contribution in [1.82, 2.24) is 9.62 Å². The first kappa shape index (κ1) is 16.9. The van der Waals surface area contributed by atoms with Gasteiger partial charge < -0.3 is 10.1 Å². The number of rotatable bonds is 5. The van der Waals surface area contributed by atoms with Crippen LogP contribution in [-0.4, -0.2) is 44.4 Å². The molecule has 0 radical (unpaired) electrons. The number of carbonyl (C=O) groups excluding carboxylic acids is 1. The minimum absolute atomic E-state index is 0.0393. The van der Waals surface area contributed by atoms with Crippen LogP contribution in [0.2, 0.25) is 0 Å². The van der Waals surface area contributed by atoms with Gasteiger partial charge in [0.2, 0.25) is 15.9 Å². The van der Waals surface area contributed by atoms with Crippen LogP contribution >= 0.6 is 0 Å². The number of sulfonamides is 1. The van der Waals surface area contributed by atoms with E-state index < -0.39 is 10.0 Å². The SMILES string of the molecule is CC[C@H]1CN(S(=O)(=O)c2ccc(CNC(C)=O)cc2)CCO1. The fraction of sp³-hybridized carbons (Fsp3) is 0.533. The number of nitrogens with one attached hydrogen (secondary N) is 1. The number of benzene rings is 1. The molecule has 2 rings (SSSR count). The van der Waals surface area contributed by atoms with Crippen LogP contribution in [0.1, 0.15) is 25.8 Å². The van der Waals surface area contributed by atoms with E-state index >= 15 is 0 Å². The average Bonchev–Trinajstić information content (AvgIpc) is 2.53. The first-order valence-electron chi connectivity index (χ1n) is 7.38. The molecule has 7 heteroatoms. The molecule has 1 aromatic rings. The molecule has 1 aliphatic heterocycles. The topological polar surface area (TPSA) is 75.7 Å². The van der Waals surface area contributed by atoms with Gasteiger partial charge in [-0.2, -0.15) is 4.31 Å². The largest absolute Gasteiger partial charge is 0.375 e. The zero-order valence-electron chi connectivity index (χ0n) is 12.9.